The molecule has 1 aromatic carbocycles. The van der Waals surface area contributed by atoms with Crippen LogP contribution in [0, 0.1) is 0 Å². The minimum atomic E-state index is -0.332. The topological polar surface area (TPSA) is 77.6 Å². The predicted octanol–water partition coefficient (Wildman–Crippen LogP) is 2.62. The van der Waals surface area contributed by atoms with E-state index in [2.05, 4.69) is 25.4 Å². The van der Waals surface area contributed by atoms with Crippen molar-refractivity contribution in [2.24, 2.45) is 0 Å². The van der Waals surface area contributed by atoms with E-state index in [0.29, 0.717) is 17.8 Å². The minimum absolute atomic E-state index is 0.199. The van der Waals surface area contributed by atoms with Crippen LogP contribution in [0.2, 0.25) is 0 Å². The molecule has 2 heterocycles. The molecule has 2 aromatic rings. The Morgan fingerprint density at radius 3 is 2.48 bits per heavy atom. The Morgan fingerprint density at radius 1 is 1.07 bits per heavy atom. The van der Waals surface area contributed by atoms with Gasteiger partial charge in [0.25, 0.3) is 11.8 Å². The number of carbonyl (C=O) groups excluding carboxylic acids is 2. The van der Waals surface area contributed by atoms with Crippen molar-refractivity contribution in [1.82, 2.24) is 15.2 Å². The second-order valence-electron chi connectivity index (χ2n) is 7.54. The van der Waals surface area contributed by atoms with Gasteiger partial charge in [-0.3, -0.25) is 14.6 Å². The second-order valence-corrected chi connectivity index (χ2v) is 7.54. The van der Waals surface area contributed by atoms with Crippen LogP contribution in [0.15, 0.2) is 42.6 Å². The van der Waals surface area contributed by atoms with Gasteiger partial charge in [-0.1, -0.05) is 0 Å². The van der Waals surface area contributed by atoms with Crippen LogP contribution in [0.25, 0.3) is 0 Å². The predicted molar refractivity (Wildman–Crippen MR) is 116 cm³/mol. The summed E-state index contributed by atoms with van der Waals surface area (Å²) < 4.78 is 0. The Bertz CT molecular complexity index is 829. The maximum Gasteiger partial charge on any atom is 0.274 e. The number of amides is 2. The van der Waals surface area contributed by atoms with E-state index in [0.717, 1.165) is 26.1 Å². The summed E-state index contributed by atoms with van der Waals surface area (Å²) in [6.07, 6.45) is 4.80. The van der Waals surface area contributed by atoms with Gasteiger partial charge in [-0.15, -0.1) is 0 Å². The van der Waals surface area contributed by atoms with E-state index >= 15 is 0 Å². The van der Waals surface area contributed by atoms with Crippen LogP contribution in [0.5, 0.6) is 0 Å². The molecule has 0 unspecified atom stereocenters. The monoisotopic (exact) mass is 395 g/mol. The number of rotatable bonds is 8. The molecule has 0 saturated carbocycles. The van der Waals surface area contributed by atoms with Crippen molar-refractivity contribution in [2.45, 2.75) is 19.3 Å². The first-order valence-electron chi connectivity index (χ1n) is 10.1. The molecule has 0 spiro atoms. The number of nitrogens with zero attached hydrogens (tertiary/aromatic N) is 3. The highest BCUT2D eigenvalue weighted by Crippen LogP contribution is 2.22. The molecule has 29 heavy (non-hydrogen) atoms. The average Bonchev–Trinajstić information content (AvgIpc) is 3.26. The van der Waals surface area contributed by atoms with Crippen LogP contribution in [0.1, 0.15) is 40.1 Å². The second kappa shape index (κ2) is 10.0. The van der Waals surface area contributed by atoms with E-state index in [4.69, 9.17) is 0 Å². The molecule has 0 bridgehead atoms. The highest BCUT2D eigenvalue weighted by atomic mass is 16.2. The quantitative estimate of drug-likeness (QED) is 0.672. The summed E-state index contributed by atoms with van der Waals surface area (Å²) in [5.41, 5.74) is 2.53. The molecule has 7 nitrogen and oxygen atoms in total. The van der Waals surface area contributed by atoms with Crippen molar-refractivity contribution in [3.05, 3.63) is 53.9 Å². The molecule has 1 saturated heterocycles. The largest absolute Gasteiger partial charge is 0.372 e. The number of benzene rings is 1. The molecule has 1 fully saturated rings. The summed E-state index contributed by atoms with van der Waals surface area (Å²) in [6, 6.07) is 11.0. The van der Waals surface area contributed by atoms with Gasteiger partial charge in [0.15, 0.2) is 0 Å². The lowest BCUT2D eigenvalue weighted by atomic mass is 10.2. The van der Waals surface area contributed by atoms with Crippen molar-refractivity contribution >= 4 is 23.2 Å². The highest BCUT2D eigenvalue weighted by Gasteiger charge is 2.14. The summed E-state index contributed by atoms with van der Waals surface area (Å²) in [6.45, 7) is 3.66. The Hall–Kier alpha value is -2.93. The summed E-state index contributed by atoms with van der Waals surface area (Å²) in [5, 5.41) is 5.72. The zero-order chi connectivity index (χ0) is 20.6. The maximum absolute atomic E-state index is 12.5. The fraction of sp³-hybridized carbons (Fsp3) is 0.409. The lowest BCUT2D eigenvalue weighted by Gasteiger charge is -2.17. The lowest BCUT2D eigenvalue weighted by Crippen LogP contribution is -2.27. The molecule has 2 amide bonds. The van der Waals surface area contributed by atoms with Gasteiger partial charge in [-0.2, -0.15) is 0 Å². The summed E-state index contributed by atoms with van der Waals surface area (Å²) in [5.74, 6) is -0.531. The fourth-order valence-electron chi connectivity index (χ4n) is 3.32. The Kier molecular flexibility index (Phi) is 7.19. The standard InChI is InChI=1S/C22H29N5O2/c1-26(2)13-5-11-24-21(28)17-10-12-23-20(16-17)22(29)25-18-6-8-19(9-7-18)27-14-3-4-15-27/h6-10,12,16H,3-5,11,13-15H2,1-2H3,(H,24,28)(H,25,29). The molecule has 0 aliphatic carbocycles. The van der Waals surface area contributed by atoms with Gasteiger partial charge in [-0.25, -0.2) is 0 Å². The molecule has 1 aliphatic rings. The Morgan fingerprint density at radius 2 is 1.79 bits per heavy atom. The molecule has 2 N–H and O–H groups in total. The van der Waals surface area contributed by atoms with Gasteiger partial charge < -0.3 is 20.4 Å². The molecule has 0 radical (unpaired) electrons. The fourth-order valence-corrected chi connectivity index (χ4v) is 3.32. The smallest absolute Gasteiger partial charge is 0.274 e. The number of hydrogen-bond acceptors (Lipinski definition) is 5. The SMILES string of the molecule is CN(C)CCCNC(=O)c1ccnc(C(=O)Nc2ccc(N3CCCC3)cc2)c1. The third-order valence-electron chi connectivity index (χ3n) is 4.92. The summed E-state index contributed by atoms with van der Waals surface area (Å²) >= 11 is 0. The third kappa shape index (κ3) is 6.02. The van der Waals surface area contributed by atoms with Gasteiger partial charge in [0.2, 0.25) is 0 Å². The van der Waals surface area contributed by atoms with Crippen molar-refractivity contribution in [3.8, 4) is 0 Å². The van der Waals surface area contributed by atoms with Gasteiger partial charge in [0, 0.05) is 42.8 Å². The van der Waals surface area contributed by atoms with E-state index in [1.54, 1.807) is 6.07 Å². The first-order chi connectivity index (χ1) is 14.0. The first kappa shape index (κ1) is 20.8. The molecule has 7 heteroatoms. The number of anilines is 2. The maximum atomic E-state index is 12.5. The number of carbonyl (C=O) groups is 2. The van der Waals surface area contributed by atoms with Crippen molar-refractivity contribution in [1.29, 1.82) is 0 Å². The van der Waals surface area contributed by atoms with Crippen LogP contribution in [0.3, 0.4) is 0 Å². The third-order valence-corrected chi connectivity index (χ3v) is 4.92. The normalized spacial score (nSPS) is 13.6. The number of nitrogens with one attached hydrogen (secondary N) is 2. The average molecular weight is 396 g/mol. The first-order valence-corrected chi connectivity index (χ1v) is 10.1. The number of aromatic nitrogens is 1. The Labute approximate surface area is 172 Å². The molecule has 154 valence electrons. The van der Waals surface area contributed by atoms with Crippen molar-refractivity contribution in [2.75, 3.05) is 50.5 Å². The van der Waals surface area contributed by atoms with Crippen LogP contribution in [-0.4, -0.2) is 62.0 Å². The van der Waals surface area contributed by atoms with E-state index in [-0.39, 0.29) is 17.5 Å². The van der Waals surface area contributed by atoms with Crippen molar-refractivity contribution < 1.29 is 9.59 Å². The van der Waals surface area contributed by atoms with Gasteiger partial charge in [0.1, 0.15) is 5.69 Å². The molecular formula is C22H29N5O2. The van der Waals surface area contributed by atoms with Crippen molar-refractivity contribution in [3.63, 3.8) is 0 Å². The summed E-state index contributed by atoms with van der Waals surface area (Å²) in [4.78, 5) is 33.4. The summed E-state index contributed by atoms with van der Waals surface area (Å²) in [7, 11) is 3.99. The lowest BCUT2D eigenvalue weighted by molar-refractivity contribution is 0.0952. The number of hydrogen-bond donors (Lipinski definition) is 2. The highest BCUT2D eigenvalue weighted by molar-refractivity contribution is 6.04. The Balaban J connectivity index is 1.56. The van der Waals surface area contributed by atoms with Crippen LogP contribution >= 0.6 is 0 Å². The van der Waals surface area contributed by atoms with E-state index < -0.39 is 0 Å². The van der Waals surface area contributed by atoms with Gasteiger partial charge in [0.05, 0.1) is 0 Å². The molecule has 3 rings (SSSR count). The zero-order valence-electron chi connectivity index (χ0n) is 17.1. The van der Waals surface area contributed by atoms with E-state index in [1.807, 2.05) is 38.4 Å². The molecule has 1 aliphatic heterocycles. The van der Waals surface area contributed by atoms with Gasteiger partial charge in [-0.05, 0) is 76.3 Å². The van der Waals surface area contributed by atoms with E-state index in [9.17, 15) is 9.59 Å². The molecule has 1 aromatic heterocycles. The number of pyridine rings is 1. The van der Waals surface area contributed by atoms with Crippen LogP contribution < -0.4 is 15.5 Å². The zero-order valence-corrected chi connectivity index (χ0v) is 17.1. The molecule has 0 atom stereocenters. The molecular weight excluding hydrogens is 366 g/mol. The van der Waals surface area contributed by atoms with Crippen LogP contribution in [0.4, 0.5) is 11.4 Å². The van der Waals surface area contributed by atoms with Crippen LogP contribution in [-0.2, 0) is 0 Å². The van der Waals surface area contributed by atoms with Gasteiger partial charge >= 0.3 is 0 Å². The minimum Gasteiger partial charge on any atom is -0.372 e. The van der Waals surface area contributed by atoms with E-state index in [1.165, 1.54) is 30.8 Å².